The lowest BCUT2D eigenvalue weighted by molar-refractivity contribution is 0.00566. The number of ether oxygens (including phenoxy) is 1. The van der Waals surface area contributed by atoms with E-state index in [0.717, 1.165) is 64.6 Å². The Balaban J connectivity index is 0.00000364. The molecule has 0 saturated carbocycles. The Morgan fingerprint density at radius 2 is 1.96 bits per heavy atom. The van der Waals surface area contributed by atoms with Crippen molar-refractivity contribution in [2.75, 3.05) is 45.9 Å². The molecule has 0 amide bonds. The third kappa shape index (κ3) is 10.3. The minimum absolute atomic E-state index is 0. The fourth-order valence-corrected chi connectivity index (χ4v) is 3.10. The van der Waals surface area contributed by atoms with Gasteiger partial charge in [-0.3, -0.25) is 9.89 Å². The van der Waals surface area contributed by atoms with E-state index in [1.54, 1.807) is 0 Å². The Kier molecular flexibility index (Phi) is 13.5. The van der Waals surface area contributed by atoms with Gasteiger partial charge in [-0.2, -0.15) is 0 Å². The van der Waals surface area contributed by atoms with Crippen molar-refractivity contribution in [1.29, 1.82) is 0 Å². The number of nitrogens with one attached hydrogen (secondary N) is 2. The number of aliphatic hydroxyl groups is 1. The number of benzene rings is 1. The summed E-state index contributed by atoms with van der Waals surface area (Å²) < 4.78 is 6.03. The lowest BCUT2D eigenvalue weighted by atomic mass is 10.1. The second-order valence-corrected chi connectivity index (χ2v) is 6.60. The number of aliphatic hydroxyl groups excluding tert-OH is 1. The lowest BCUT2D eigenvalue weighted by Crippen LogP contribution is -2.38. The van der Waals surface area contributed by atoms with Crippen LogP contribution in [-0.2, 0) is 11.3 Å². The summed E-state index contributed by atoms with van der Waals surface area (Å²) in [4.78, 5) is 7.00. The van der Waals surface area contributed by atoms with Gasteiger partial charge >= 0.3 is 0 Å². The predicted octanol–water partition coefficient (Wildman–Crippen LogP) is 2.22. The van der Waals surface area contributed by atoms with Crippen LogP contribution >= 0.6 is 24.0 Å². The highest BCUT2D eigenvalue weighted by Crippen LogP contribution is 2.16. The molecule has 7 heteroatoms. The molecule has 27 heavy (non-hydrogen) atoms. The smallest absolute Gasteiger partial charge is 0.191 e. The van der Waals surface area contributed by atoms with Gasteiger partial charge in [0.15, 0.2) is 5.96 Å². The minimum Gasteiger partial charge on any atom is -0.395 e. The summed E-state index contributed by atoms with van der Waals surface area (Å²) in [6.45, 7) is 8.20. The van der Waals surface area contributed by atoms with Crippen LogP contribution in [0.3, 0.4) is 0 Å². The molecule has 0 unspecified atom stereocenters. The average molecular weight is 490 g/mol. The quantitative estimate of drug-likeness (QED) is 0.203. The highest BCUT2D eigenvalue weighted by molar-refractivity contribution is 14.0. The Labute approximate surface area is 180 Å². The van der Waals surface area contributed by atoms with E-state index >= 15 is 0 Å². The molecule has 0 bridgehead atoms. The standard InChI is InChI=1S/C20H34N4O2.HI/c1-2-21-20(23-12-15-25)22-11-6-16-26-19-9-13-24(14-10-19)17-18-7-4-3-5-8-18;/h3-5,7-8,19,25H,2,6,9-17H2,1H3,(H2,21,22,23);1H. The van der Waals surface area contributed by atoms with Gasteiger partial charge in [0, 0.05) is 45.9 Å². The molecule has 6 nitrogen and oxygen atoms in total. The zero-order valence-corrected chi connectivity index (χ0v) is 18.7. The summed E-state index contributed by atoms with van der Waals surface area (Å²) >= 11 is 0. The predicted molar refractivity (Wildman–Crippen MR) is 122 cm³/mol. The summed E-state index contributed by atoms with van der Waals surface area (Å²) in [5.41, 5.74) is 1.39. The molecule has 0 spiro atoms. The molecule has 154 valence electrons. The number of rotatable bonds is 10. The van der Waals surface area contributed by atoms with Crippen LogP contribution in [0.5, 0.6) is 0 Å². The Morgan fingerprint density at radius 3 is 2.63 bits per heavy atom. The van der Waals surface area contributed by atoms with Gasteiger partial charge in [-0.1, -0.05) is 30.3 Å². The molecule has 1 saturated heterocycles. The number of guanidine groups is 1. The van der Waals surface area contributed by atoms with E-state index in [1.807, 2.05) is 6.92 Å². The van der Waals surface area contributed by atoms with Gasteiger partial charge in [-0.25, -0.2) is 0 Å². The maximum atomic E-state index is 8.87. The number of piperidine rings is 1. The maximum absolute atomic E-state index is 8.87. The zero-order valence-electron chi connectivity index (χ0n) is 16.4. The van der Waals surface area contributed by atoms with E-state index in [-0.39, 0.29) is 30.6 Å². The number of nitrogens with zero attached hydrogens (tertiary/aromatic N) is 2. The number of halogens is 1. The monoisotopic (exact) mass is 490 g/mol. The van der Waals surface area contributed by atoms with Gasteiger partial charge in [0.1, 0.15) is 0 Å². The molecule has 1 aromatic rings. The Bertz CT molecular complexity index is 508. The van der Waals surface area contributed by atoms with Crippen molar-refractivity contribution >= 4 is 29.9 Å². The van der Waals surface area contributed by atoms with Crippen molar-refractivity contribution in [2.24, 2.45) is 4.99 Å². The van der Waals surface area contributed by atoms with Gasteiger partial charge in [-0.05, 0) is 31.7 Å². The van der Waals surface area contributed by atoms with E-state index in [2.05, 4.69) is 50.9 Å². The summed E-state index contributed by atoms with van der Waals surface area (Å²) in [5, 5.41) is 15.1. The fraction of sp³-hybridized carbons (Fsp3) is 0.650. The molecular formula is C20H35IN4O2. The molecular weight excluding hydrogens is 455 g/mol. The normalized spacial score (nSPS) is 16.0. The third-order valence-electron chi connectivity index (χ3n) is 4.46. The highest BCUT2D eigenvalue weighted by Gasteiger charge is 2.19. The van der Waals surface area contributed by atoms with Crippen LogP contribution in [0.2, 0.25) is 0 Å². The average Bonchev–Trinajstić information content (AvgIpc) is 2.68. The number of hydrogen-bond donors (Lipinski definition) is 3. The summed E-state index contributed by atoms with van der Waals surface area (Å²) in [6.07, 6.45) is 3.51. The van der Waals surface area contributed by atoms with E-state index in [0.29, 0.717) is 12.6 Å². The van der Waals surface area contributed by atoms with Crippen LogP contribution in [0, 0.1) is 0 Å². The third-order valence-corrected chi connectivity index (χ3v) is 4.46. The van der Waals surface area contributed by atoms with Crippen LogP contribution in [0.25, 0.3) is 0 Å². The van der Waals surface area contributed by atoms with Crippen LogP contribution in [0.15, 0.2) is 35.3 Å². The summed E-state index contributed by atoms with van der Waals surface area (Å²) in [5.74, 6) is 0.760. The molecule has 1 heterocycles. The van der Waals surface area contributed by atoms with Crippen molar-refractivity contribution in [2.45, 2.75) is 38.8 Å². The first kappa shape index (κ1) is 24.1. The van der Waals surface area contributed by atoms with Crippen molar-refractivity contribution in [3.05, 3.63) is 35.9 Å². The van der Waals surface area contributed by atoms with Gasteiger partial charge in [-0.15, -0.1) is 24.0 Å². The molecule has 1 fully saturated rings. The second-order valence-electron chi connectivity index (χ2n) is 6.60. The van der Waals surface area contributed by atoms with Crippen LogP contribution in [0.4, 0.5) is 0 Å². The molecule has 0 atom stereocenters. The first-order valence-electron chi connectivity index (χ1n) is 9.82. The summed E-state index contributed by atoms with van der Waals surface area (Å²) in [6, 6.07) is 10.7. The molecule has 0 aromatic heterocycles. The number of likely N-dealkylation sites (tertiary alicyclic amines) is 1. The SMILES string of the molecule is CCNC(=NCCCOC1CCN(Cc2ccccc2)CC1)NCCO.I. The largest absolute Gasteiger partial charge is 0.395 e. The maximum Gasteiger partial charge on any atom is 0.191 e. The van der Waals surface area contributed by atoms with E-state index in [9.17, 15) is 0 Å². The van der Waals surface area contributed by atoms with E-state index in [4.69, 9.17) is 9.84 Å². The van der Waals surface area contributed by atoms with Gasteiger partial charge in [0.05, 0.1) is 12.7 Å². The van der Waals surface area contributed by atoms with Gasteiger partial charge in [0.25, 0.3) is 0 Å². The first-order chi connectivity index (χ1) is 12.8. The Hall–Kier alpha value is -0.900. The molecule has 0 radical (unpaired) electrons. The fourth-order valence-electron chi connectivity index (χ4n) is 3.10. The van der Waals surface area contributed by atoms with Crippen LogP contribution < -0.4 is 10.6 Å². The van der Waals surface area contributed by atoms with Crippen molar-refractivity contribution < 1.29 is 9.84 Å². The molecule has 3 N–H and O–H groups in total. The second kappa shape index (κ2) is 15.1. The van der Waals surface area contributed by atoms with Crippen molar-refractivity contribution in [3.8, 4) is 0 Å². The highest BCUT2D eigenvalue weighted by atomic mass is 127. The Morgan fingerprint density at radius 1 is 1.22 bits per heavy atom. The molecule has 2 rings (SSSR count). The molecule has 0 aliphatic carbocycles. The van der Waals surface area contributed by atoms with E-state index in [1.165, 1.54) is 5.56 Å². The number of aliphatic imine (C=N–C) groups is 1. The number of hydrogen-bond acceptors (Lipinski definition) is 4. The molecule has 1 aromatic carbocycles. The first-order valence-corrected chi connectivity index (χ1v) is 9.82. The van der Waals surface area contributed by atoms with Gasteiger partial charge in [0.2, 0.25) is 0 Å². The van der Waals surface area contributed by atoms with Crippen LogP contribution in [0.1, 0.15) is 31.7 Å². The topological polar surface area (TPSA) is 69.1 Å². The van der Waals surface area contributed by atoms with Gasteiger partial charge < -0.3 is 20.5 Å². The van der Waals surface area contributed by atoms with Crippen molar-refractivity contribution in [1.82, 2.24) is 15.5 Å². The zero-order chi connectivity index (χ0) is 18.5. The minimum atomic E-state index is 0. The van der Waals surface area contributed by atoms with Crippen LogP contribution in [-0.4, -0.2) is 68.0 Å². The van der Waals surface area contributed by atoms with E-state index < -0.39 is 0 Å². The lowest BCUT2D eigenvalue weighted by Gasteiger charge is -2.31. The summed E-state index contributed by atoms with van der Waals surface area (Å²) in [7, 11) is 0. The molecule has 1 aliphatic rings. The molecule has 1 aliphatic heterocycles. The van der Waals surface area contributed by atoms with Crippen molar-refractivity contribution in [3.63, 3.8) is 0 Å².